The fraction of sp³-hybridized carbons (Fsp3) is 0.375. The number of aromatic nitrogens is 2. The standard InChI is InChI=1S/C16H18BrN3O/c17-14-6-4-13(5-7-14)16(12-2-1-3-12)19-15(21)10-20-9-8-18-11-20/h4-9,11-12,16H,1-3,10H2,(H,19,21). The molecule has 4 nitrogen and oxygen atoms in total. The van der Waals surface area contributed by atoms with Crippen LogP contribution in [0, 0.1) is 5.92 Å². The monoisotopic (exact) mass is 347 g/mol. The highest BCUT2D eigenvalue weighted by atomic mass is 79.9. The van der Waals surface area contributed by atoms with Crippen molar-refractivity contribution >= 4 is 21.8 Å². The van der Waals surface area contributed by atoms with Gasteiger partial charge in [-0.25, -0.2) is 4.98 Å². The van der Waals surface area contributed by atoms with Crippen LogP contribution in [0.4, 0.5) is 0 Å². The largest absolute Gasteiger partial charge is 0.347 e. The third-order valence-electron chi connectivity index (χ3n) is 4.05. The Balaban J connectivity index is 1.70. The normalized spacial score (nSPS) is 16.2. The topological polar surface area (TPSA) is 46.9 Å². The third kappa shape index (κ3) is 3.53. The Bertz CT molecular complexity index is 590. The van der Waals surface area contributed by atoms with Gasteiger partial charge in [-0.2, -0.15) is 0 Å². The van der Waals surface area contributed by atoms with Crippen LogP contribution >= 0.6 is 15.9 Å². The van der Waals surface area contributed by atoms with Gasteiger partial charge in [-0.1, -0.05) is 34.5 Å². The predicted octanol–water partition coefficient (Wildman–Crippen LogP) is 3.30. The van der Waals surface area contributed by atoms with Gasteiger partial charge >= 0.3 is 0 Å². The lowest BCUT2D eigenvalue weighted by Gasteiger charge is -2.34. The van der Waals surface area contributed by atoms with Crippen LogP contribution in [0.5, 0.6) is 0 Å². The van der Waals surface area contributed by atoms with E-state index in [0.29, 0.717) is 12.5 Å². The summed E-state index contributed by atoms with van der Waals surface area (Å²) in [7, 11) is 0. The van der Waals surface area contributed by atoms with E-state index in [1.165, 1.54) is 24.8 Å². The van der Waals surface area contributed by atoms with Crippen LogP contribution < -0.4 is 5.32 Å². The minimum absolute atomic E-state index is 0.0350. The molecule has 1 aliphatic rings. The Kier molecular flexibility index (Phi) is 4.39. The zero-order chi connectivity index (χ0) is 14.7. The molecule has 1 amide bonds. The van der Waals surface area contributed by atoms with Gasteiger partial charge in [-0.15, -0.1) is 0 Å². The number of nitrogens with zero attached hydrogens (tertiary/aromatic N) is 2. The summed E-state index contributed by atoms with van der Waals surface area (Å²) in [6.45, 7) is 0.319. The second kappa shape index (κ2) is 6.43. The van der Waals surface area contributed by atoms with Crippen molar-refractivity contribution in [1.29, 1.82) is 0 Å². The van der Waals surface area contributed by atoms with E-state index in [-0.39, 0.29) is 11.9 Å². The van der Waals surface area contributed by atoms with E-state index in [1.807, 2.05) is 12.1 Å². The molecular weight excluding hydrogens is 330 g/mol. The van der Waals surface area contributed by atoms with Crippen LogP contribution in [-0.2, 0) is 11.3 Å². The lowest BCUT2D eigenvalue weighted by molar-refractivity contribution is -0.123. The summed E-state index contributed by atoms with van der Waals surface area (Å²) in [5, 5.41) is 3.19. The van der Waals surface area contributed by atoms with Crippen molar-refractivity contribution < 1.29 is 4.79 Å². The first-order valence-corrected chi connectivity index (χ1v) is 8.02. The van der Waals surface area contributed by atoms with E-state index in [0.717, 1.165) is 4.47 Å². The van der Waals surface area contributed by atoms with Gasteiger partial charge in [0.1, 0.15) is 6.54 Å². The molecule has 21 heavy (non-hydrogen) atoms. The van der Waals surface area contributed by atoms with Crippen LogP contribution in [0.15, 0.2) is 47.5 Å². The molecule has 1 unspecified atom stereocenters. The predicted molar refractivity (Wildman–Crippen MR) is 84.6 cm³/mol. The molecule has 1 saturated carbocycles. The van der Waals surface area contributed by atoms with Gasteiger partial charge in [0.15, 0.2) is 0 Å². The number of carbonyl (C=O) groups is 1. The second-order valence-electron chi connectivity index (χ2n) is 5.52. The first kappa shape index (κ1) is 14.3. The van der Waals surface area contributed by atoms with Crippen molar-refractivity contribution in [2.75, 3.05) is 0 Å². The van der Waals surface area contributed by atoms with E-state index >= 15 is 0 Å². The number of nitrogens with one attached hydrogen (secondary N) is 1. The molecule has 1 heterocycles. The molecular formula is C16H18BrN3O. The summed E-state index contributed by atoms with van der Waals surface area (Å²) in [4.78, 5) is 16.2. The molecule has 0 aliphatic heterocycles. The summed E-state index contributed by atoms with van der Waals surface area (Å²) in [5.41, 5.74) is 1.18. The number of halogens is 1. The lowest BCUT2D eigenvalue weighted by atomic mass is 9.77. The Labute approximate surface area is 132 Å². The van der Waals surface area contributed by atoms with E-state index in [1.54, 1.807) is 23.3 Å². The SMILES string of the molecule is O=C(Cn1ccnc1)NC(c1ccc(Br)cc1)C1CCC1. The minimum atomic E-state index is 0.0350. The average Bonchev–Trinajstić information content (AvgIpc) is 2.89. The van der Waals surface area contributed by atoms with Crippen molar-refractivity contribution in [3.63, 3.8) is 0 Å². The molecule has 0 bridgehead atoms. The molecule has 0 saturated heterocycles. The maximum absolute atomic E-state index is 12.2. The molecule has 1 atom stereocenters. The highest BCUT2D eigenvalue weighted by Crippen LogP contribution is 2.37. The van der Waals surface area contributed by atoms with Crippen molar-refractivity contribution in [2.24, 2.45) is 5.92 Å². The molecule has 1 N–H and O–H groups in total. The Morgan fingerprint density at radius 1 is 1.38 bits per heavy atom. The van der Waals surface area contributed by atoms with Crippen molar-refractivity contribution in [1.82, 2.24) is 14.9 Å². The van der Waals surface area contributed by atoms with Crippen molar-refractivity contribution in [3.8, 4) is 0 Å². The zero-order valence-corrected chi connectivity index (χ0v) is 13.3. The number of hydrogen-bond acceptors (Lipinski definition) is 2. The Hall–Kier alpha value is -1.62. The average molecular weight is 348 g/mol. The van der Waals surface area contributed by atoms with Gasteiger partial charge in [0, 0.05) is 16.9 Å². The lowest BCUT2D eigenvalue weighted by Crippen LogP contribution is -2.37. The van der Waals surface area contributed by atoms with Gasteiger partial charge in [0.25, 0.3) is 0 Å². The summed E-state index contributed by atoms with van der Waals surface area (Å²) >= 11 is 3.46. The van der Waals surface area contributed by atoms with E-state index in [4.69, 9.17) is 0 Å². The highest BCUT2D eigenvalue weighted by Gasteiger charge is 2.29. The van der Waals surface area contributed by atoms with Gasteiger partial charge in [-0.3, -0.25) is 4.79 Å². The number of rotatable bonds is 5. The second-order valence-corrected chi connectivity index (χ2v) is 6.44. The molecule has 0 radical (unpaired) electrons. The quantitative estimate of drug-likeness (QED) is 0.901. The van der Waals surface area contributed by atoms with Gasteiger partial charge in [0.2, 0.25) is 5.91 Å². The van der Waals surface area contributed by atoms with Crippen molar-refractivity contribution in [3.05, 3.63) is 53.0 Å². The fourth-order valence-corrected chi connectivity index (χ4v) is 2.95. The maximum Gasteiger partial charge on any atom is 0.240 e. The third-order valence-corrected chi connectivity index (χ3v) is 4.58. The number of imidazole rings is 1. The van der Waals surface area contributed by atoms with Gasteiger partial charge in [-0.05, 0) is 36.5 Å². The van der Waals surface area contributed by atoms with E-state index in [9.17, 15) is 4.79 Å². The number of amides is 1. The summed E-state index contributed by atoms with van der Waals surface area (Å²) in [5.74, 6) is 0.589. The molecule has 3 rings (SSSR count). The highest BCUT2D eigenvalue weighted by molar-refractivity contribution is 9.10. The van der Waals surface area contributed by atoms with Crippen LogP contribution in [0.1, 0.15) is 30.9 Å². The van der Waals surface area contributed by atoms with Gasteiger partial charge < -0.3 is 9.88 Å². The van der Waals surface area contributed by atoms with Gasteiger partial charge in [0.05, 0.1) is 12.4 Å². The van der Waals surface area contributed by atoms with Crippen LogP contribution in [-0.4, -0.2) is 15.5 Å². The summed E-state index contributed by atoms with van der Waals surface area (Å²) in [6.07, 6.45) is 8.79. The zero-order valence-electron chi connectivity index (χ0n) is 11.7. The van der Waals surface area contributed by atoms with Crippen LogP contribution in [0.3, 0.4) is 0 Å². The molecule has 1 aromatic heterocycles. The van der Waals surface area contributed by atoms with Crippen molar-refractivity contribution in [2.45, 2.75) is 31.8 Å². The number of carbonyl (C=O) groups excluding carboxylic acids is 1. The van der Waals surface area contributed by atoms with Crippen LogP contribution in [0.25, 0.3) is 0 Å². The summed E-state index contributed by atoms with van der Waals surface area (Å²) in [6, 6.07) is 8.35. The Morgan fingerprint density at radius 3 is 2.71 bits per heavy atom. The first-order valence-electron chi connectivity index (χ1n) is 7.23. The minimum Gasteiger partial charge on any atom is -0.347 e. The number of benzene rings is 1. The fourth-order valence-electron chi connectivity index (χ4n) is 2.68. The van der Waals surface area contributed by atoms with E-state index < -0.39 is 0 Å². The summed E-state index contributed by atoms with van der Waals surface area (Å²) < 4.78 is 2.85. The molecule has 110 valence electrons. The maximum atomic E-state index is 12.2. The molecule has 0 spiro atoms. The number of hydrogen-bond donors (Lipinski definition) is 1. The smallest absolute Gasteiger partial charge is 0.240 e. The van der Waals surface area contributed by atoms with E-state index in [2.05, 4.69) is 38.4 Å². The molecule has 5 heteroatoms. The molecule has 1 aliphatic carbocycles. The van der Waals surface area contributed by atoms with Crippen LogP contribution in [0.2, 0.25) is 0 Å². The molecule has 1 aromatic carbocycles. The molecule has 1 fully saturated rings. The Morgan fingerprint density at radius 2 is 2.14 bits per heavy atom. The first-order chi connectivity index (χ1) is 10.2. The molecule has 2 aromatic rings.